The zero-order valence-corrected chi connectivity index (χ0v) is 8.26. The summed E-state index contributed by atoms with van der Waals surface area (Å²) < 4.78 is 65.0. The fourth-order valence-corrected chi connectivity index (χ4v) is 1.07. The van der Waals surface area contributed by atoms with Gasteiger partial charge in [0.1, 0.15) is 18.4 Å². The summed E-state index contributed by atoms with van der Waals surface area (Å²) >= 11 is 0. The van der Waals surface area contributed by atoms with Gasteiger partial charge in [-0.2, -0.15) is 18.4 Å². The third kappa shape index (κ3) is 3.59. The molecule has 0 unspecified atom stereocenters. The molecule has 0 aromatic heterocycles. The topological polar surface area (TPSA) is 33.0 Å². The number of benzene rings is 1. The second-order valence-electron chi connectivity index (χ2n) is 3.02. The smallest absolute Gasteiger partial charge is 0.416 e. The van der Waals surface area contributed by atoms with Crippen molar-refractivity contribution < 1.29 is 26.7 Å². The van der Waals surface area contributed by atoms with E-state index in [1.165, 1.54) is 6.07 Å². The summed E-state index contributed by atoms with van der Waals surface area (Å²) in [5.41, 5.74) is -1.46. The minimum Gasteiger partial charge on any atom is -0.486 e. The van der Waals surface area contributed by atoms with Crippen molar-refractivity contribution in [2.24, 2.45) is 0 Å². The number of nitrogens with zero attached hydrogens (tertiary/aromatic N) is 1. The van der Waals surface area contributed by atoms with Crippen LogP contribution >= 0.6 is 0 Å². The Morgan fingerprint density at radius 3 is 2.41 bits per heavy atom. The highest BCUT2D eigenvalue weighted by molar-refractivity contribution is 5.46. The number of halogens is 5. The highest BCUT2D eigenvalue weighted by Crippen LogP contribution is 2.32. The standard InChI is InChI=1S/C10H6F5NO/c11-9(12)5-17-8-2-1-7(10(13,14)15)3-6(8)4-16/h1-3,9H,5H2. The van der Waals surface area contributed by atoms with E-state index in [-0.39, 0.29) is 5.75 Å². The van der Waals surface area contributed by atoms with E-state index < -0.39 is 30.3 Å². The van der Waals surface area contributed by atoms with Gasteiger partial charge >= 0.3 is 6.18 Å². The maximum Gasteiger partial charge on any atom is 0.416 e. The lowest BCUT2D eigenvalue weighted by atomic mass is 10.1. The van der Waals surface area contributed by atoms with E-state index in [0.29, 0.717) is 12.1 Å². The first-order valence-electron chi connectivity index (χ1n) is 4.37. The summed E-state index contributed by atoms with van der Waals surface area (Å²) in [5, 5.41) is 8.59. The van der Waals surface area contributed by atoms with Crippen molar-refractivity contribution in [2.45, 2.75) is 12.6 Å². The van der Waals surface area contributed by atoms with Gasteiger partial charge in [-0.25, -0.2) is 8.78 Å². The monoisotopic (exact) mass is 251 g/mol. The molecule has 0 spiro atoms. The summed E-state index contributed by atoms with van der Waals surface area (Å²) in [6.45, 7) is -0.972. The third-order valence-corrected chi connectivity index (χ3v) is 1.79. The van der Waals surface area contributed by atoms with Gasteiger partial charge in [-0.05, 0) is 18.2 Å². The van der Waals surface area contributed by atoms with E-state index in [1.807, 2.05) is 0 Å². The normalized spacial score (nSPS) is 11.4. The molecule has 7 heteroatoms. The number of ether oxygens (including phenoxy) is 1. The Labute approximate surface area is 93.2 Å². The molecule has 0 N–H and O–H groups in total. The molecule has 0 aliphatic heterocycles. The summed E-state index contributed by atoms with van der Waals surface area (Å²) in [4.78, 5) is 0. The van der Waals surface area contributed by atoms with Crippen LogP contribution in [0.25, 0.3) is 0 Å². The first kappa shape index (κ1) is 13.2. The van der Waals surface area contributed by atoms with Crippen LogP contribution in [0.2, 0.25) is 0 Å². The van der Waals surface area contributed by atoms with Crippen molar-refractivity contribution >= 4 is 0 Å². The van der Waals surface area contributed by atoms with Crippen LogP contribution in [0.3, 0.4) is 0 Å². The highest BCUT2D eigenvalue weighted by Gasteiger charge is 2.31. The van der Waals surface area contributed by atoms with Crippen molar-refractivity contribution in [3.63, 3.8) is 0 Å². The maximum absolute atomic E-state index is 12.3. The molecule has 1 aromatic carbocycles. The molecule has 0 bridgehead atoms. The van der Waals surface area contributed by atoms with E-state index in [2.05, 4.69) is 4.74 Å². The Bertz CT molecular complexity index is 435. The van der Waals surface area contributed by atoms with E-state index in [9.17, 15) is 22.0 Å². The van der Waals surface area contributed by atoms with Crippen molar-refractivity contribution in [2.75, 3.05) is 6.61 Å². The fraction of sp³-hybridized carbons (Fsp3) is 0.300. The quantitative estimate of drug-likeness (QED) is 0.772. The van der Waals surface area contributed by atoms with Crippen LogP contribution in [0.4, 0.5) is 22.0 Å². The van der Waals surface area contributed by atoms with Gasteiger partial charge in [0.25, 0.3) is 6.43 Å². The van der Waals surface area contributed by atoms with Crippen LogP contribution in [0.15, 0.2) is 18.2 Å². The predicted octanol–water partition coefficient (Wildman–Crippen LogP) is 3.22. The maximum atomic E-state index is 12.3. The molecule has 1 rings (SSSR count). The molecule has 2 nitrogen and oxygen atoms in total. The largest absolute Gasteiger partial charge is 0.486 e. The molecule has 17 heavy (non-hydrogen) atoms. The lowest BCUT2D eigenvalue weighted by Crippen LogP contribution is -2.09. The second kappa shape index (κ2) is 4.99. The Morgan fingerprint density at radius 2 is 1.94 bits per heavy atom. The zero-order chi connectivity index (χ0) is 13.1. The summed E-state index contributed by atoms with van der Waals surface area (Å²) in [7, 11) is 0. The van der Waals surface area contributed by atoms with Crippen molar-refractivity contribution in [1.29, 1.82) is 5.26 Å². The van der Waals surface area contributed by atoms with Gasteiger partial charge in [0.15, 0.2) is 0 Å². The minimum absolute atomic E-state index is 0.291. The molecule has 0 aliphatic rings. The molecular weight excluding hydrogens is 245 g/mol. The van der Waals surface area contributed by atoms with Gasteiger partial charge in [0, 0.05) is 0 Å². The van der Waals surface area contributed by atoms with E-state index in [1.54, 1.807) is 0 Å². The molecule has 0 heterocycles. The summed E-state index contributed by atoms with van der Waals surface area (Å²) in [6, 6.07) is 3.54. The molecule has 0 amide bonds. The lowest BCUT2D eigenvalue weighted by Gasteiger charge is -2.10. The molecule has 0 fully saturated rings. The summed E-state index contributed by atoms with van der Waals surface area (Å²) in [6.07, 6.45) is -7.35. The van der Waals surface area contributed by atoms with Gasteiger partial charge in [-0.3, -0.25) is 0 Å². The number of rotatable bonds is 3. The van der Waals surface area contributed by atoms with Gasteiger partial charge in [0.2, 0.25) is 0 Å². The Kier molecular flexibility index (Phi) is 3.89. The van der Waals surface area contributed by atoms with Crippen LogP contribution in [0.1, 0.15) is 11.1 Å². The van der Waals surface area contributed by atoms with Crippen molar-refractivity contribution in [3.8, 4) is 11.8 Å². The first-order chi connectivity index (χ1) is 7.84. The number of hydrogen-bond acceptors (Lipinski definition) is 2. The molecule has 0 radical (unpaired) electrons. The number of alkyl halides is 5. The second-order valence-corrected chi connectivity index (χ2v) is 3.02. The van der Waals surface area contributed by atoms with Crippen molar-refractivity contribution in [3.05, 3.63) is 29.3 Å². The van der Waals surface area contributed by atoms with E-state index in [4.69, 9.17) is 5.26 Å². The average molecular weight is 251 g/mol. The molecule has 0 aliphatic carbocycles. The van der Waals surface area contributed by atoms with Crippen LogP contribution in [0.5, 0.6) is 5.75 Å². The van der Waals surface area contributed by atoms with Crippen LogP contribution in [0, 0.1) is 11.3 Å². The van der Waals surface area contributed by atoms with Crippen molar-refractivity contribution in [1.82, 2.24) is 0 Å². The van der Waals surface area contributed by atoms with Gasteiger partial charge < -0.3 is 4.74 Å². The van der Waals surface area contributed by atoms with Gasteiger partial charge in [-0.15, -0.1) is 0 Å². The molecule has 0 saturated heterocycles. The molecule has 0 saturated carbocycles. The minimum atomic E-state index is -4.59. The first-order valence-corrected chi connectivity index (χ1v) is 4.37. The van der Waals surface area contributed by atoms with E-state index in [0.717, 1.165) is 6.07 Å². The predicted molar refractivity (Wildman–Crippen MR) is 47.7 cm³/mol. The molecule has 92 valence electrons. The average Bonchev–Trinajstić information content (AvgIpc) is 2.24. The van der Waals surface area contributed by atoms with Gasteiger partial charge in [0.05, 0.1) is 11.1 Å². The molecular formula is C10H6F5NO. The molecule has 1 aromatic rings. The number of nitriles is 1. The number of hydrogen-bond donors (Lipinski definition) is 0. The Morgan fingerprint density at radius 1 is 1.29 bits per heavy atom. The Balaban J connectivity index is 2.99. The Hall–Kier alpha value is -1.84. The molecule has 0 atom stereocenters. The lowest BCUT2D eigenvalue weighted by molar-refractivity contribution is -0.137. The van der Waals surface area contributed by atoms with Crippen LogP contribution in [-0.2, 0) is 6.18 Å². The highest BCUT2D eigenvalue weighted by atomic mass is 19.4. The van der Waals surface area contributed by atoms with Crippen LogP contribution < -0.4 is 4.74 Å². The zero-order valence-electron chi connectivity index (χ0n) is 8.26. The SMILES string of the molecule is N#Cc1cc(C(F)(F)F)ccc1OCC(F)F. The van der Waals surface area contributed by atoms with Gasteiger partial charge in [-0.1, -0.05) is 0 Å². The fourth-order valence-electron chi connectivity index (χ4n) is 1.07. The van der Waals surface area contributed by atoms with E-state index >= 15 is 0 Å². The van der Waals surface area contributed by atoms with Crippen LogP contribution in [-0.4, -0.2) is 13.0 Å². The third-order valence-electron chi connectivity index (χ3n) is 1.79. The summed E-state index contributed by atoms with van der Waals surface area (Å²) in [5.74, 6) is -0.291.